The first kappa shape index (κ1) is 13.1. The monoisotopic (exact) mass is 298 g/mol. The van der Waals surface area contributed by atoms with Gasteiger partial charge >= 0.3 is 0 Å². The summed E-state index contributed by atoms with van der Waals surface area (Å²) in [5.41, 5.74) is 1.34. The van der Waals surface area contributed by atoms with E-state index in [9.17, 15) is 5.11 Å². The van der Waals surface area contributed by atoms with Crippen LogP contribution in [0, 0.1) is 5.92 Å². The predicted molar refractivity (Wildman–Crippen MR) is 71.9 cm³/mol. The molecule has 0 spiro atoms. The number of hydrogen-bond donors (Lipinski definition) is 1. The van der Waals surface area contributed by atoms with Gasteiger partial charge in [-0.15, -0.1) is 0 Å². The Morgan fingerprint density at radius 3 is 2.18 bits per heavy atom. The summed E-state index contributed by atoms with van der Waals surface area (Å²) in [6.07, 6.45) is 1.35. The van der Waals surface area contributed by atoms with Crippen LogP contribution in [0.3, 0.4) is 0 Å². The molecule has 0 aromatic heterocycles. The highest BCUT2D eigenvalue weighted by molar-refractivity contribution is 9.10. The predicted octanol–water partition coefficient (Wildman–Crippen LogP) is 3.47. The molecule has 0 radical (unpaired) electrons. The first-order chi connectivity index (χ1) is 7.92. The third-order valence-corrected chi connectivity index (χ3v) is 4.62. The fourth-order valence-corrected chi connectivity index (χ4v) is 3.07. The van der Waals surface area contributed by atoms with Gasteiger partial charge in [0.05, 0.1) is 0 Å². The van der Waals surface area contributed by atoms with Crippen LogP contribution in [0.5, 0.6) is 0 Å². The van der Waals surface area contributed by atoms with Gasteiger partial charge < -0.3 is 9.84 Å². The largest absolute Gasteiger partial charge is 0.365 e. The van der Waals surface area contributed by atoms with Gasteiger partial charge in [0.25, 0.3) is 0 Å². The van der Waals surface area contributed by atoms with E-state index in [0.717, 1.165) is 4.47 Å². The Kier molecular flexibility index (Phi) is 3.36. The zero-order chi connectivity index (χ0) is 12.7. The highest BCUT2D eigenvalue weighted by Gasteiger charge is 2.56. The molecule has 0 heterocycles. The van der Waals surface area contributed by atoms with E-state index in [4.69, 9.17) is 4.74 Å². The molecule has 1 aliphatic rings. The molecule has 2 nitrogen and oxygen atoms in total. The second kappa shape index (κ2) is 4.38. The van der Waals surface area contributed by atoms with Crippen LogP contribution in [0.2, 0.25) is 0 Å². The lowest BCUT2D eigenvalue weighted by Crippen LogP contribution is -2.58. The topological polar surface area (TPSA) is 29.5 Å². The van der Waals surface area contributed by atoms with Gasteiger partial charge in [-0.25, -0.2) is 0 Å². The minimum Gasteiger partial charge on any atom is -0.365 e. The summed E-state index contributed by atoms with van der Waals surface area (Å²) in [4.78, 5) is 0. The molecular formula is C14H19BrO2. The molecule has 1 N–H and O–H groups in total. The fourth-order valence-electron chi connectivity index (χ4n) is 2.81. The first-order valence-electron chi connectivity index (χ1n) is 5.95. The second-order valence-corrected chi connectivity index (χ2v) is 6.24. The summed E-state index contributed by atoms with van der Waals surface area (Å²) >= 11 is 3.45. The maximum atomic E-state index is 10.1. The quantitative estimate of drug-likeness (QED) is 0.866. The van der Waals surface area contributed by atoms with Gasteiger partial charge in [0.2, 0.25) is 0 Å². The van der Waals surface area contributed by atoms with E-state index in [1.807, 2.05) is 0 Å². The fraction of sp³-hybridized carbons (Fsp3) is 0.571. The maximum absolute atomic E-state index is 10.1. The number of methoxy groups -OCH3 is 1. The highest BCUT2D eigenvalue weighted by atomic mass is 79.9. The maximum Gasteiger partial charge on any atom is 0.166 e. The van der Waals surface area contributed by atoms with Gasteiger partial charge in [0.1, 0.15) is 0 Å². The van der Waals surface area contributed by atoms with Crippen LogP contribution in [0.15, 0.2) is 28.7 Å². The Labute approximate surface area is 111 Å². The molecule has 0 aliphatic heterocycles. The van der Waals surface area contributed by atoms with Gasteiger partial charge in [-0.1, -0.05) is 41.9 Å². The van der Waals surface area contributed by atoms with Crippen LogP contribution >= 0.6 is 15.9 Å². The molecular weight excluding hydrogens is 280 g/mol. The van der Waals surface area contributed by atoms with E-state index >= 15 is 0 Å². The lowest BCUT2D eigenvalue weighted by atomic mass is 9.55. The van der Waals surface area contributed by atoms with Gasteiger partial charge in [-0.05, 0) is 23.6 Å². The third-order valence-electron chi connectivity index (χ3n) is 4.09. The Morgan fingerprint density at radius 1 is 1.24 bits per heavy atom. The Hall–Kier alpha value is -0.380. The van der Waals surface area contributed by atoms with Crippen molar-refractivity contribution in [1.29, 1.82) is 0 Å². The van der Waals surface area contributed by atoms with Crippen LogP contribution in [-0.2, 0) is 10.2 Å². The minimum atomic E-state index is -0.933. The first-order valence-corrected chi connectivity index (χ1v) is 6.75. The normalized spacial score (nSPS) is 32.6. The van der Waals surface area contributed by atoms with Crippen LogP contribution in [0.25, 0.3) is 0 Å². The number of halogens is 1. The van der Waals surface area contributed by atoms with Crippen molar-refractivity contribution in [2.24, 2.45) is 5.92 Å². The van der Waals surface area contributed by atoms with E-state index < -0.39 is 5.79 Å². The molecule has 17 heavy (non-hydrogen) atoms. The lowest BCUT2D eigenvalue weighted by molar-refractivity contribution is -0.269. The zero-order valence-electron chi connectivity index (χ0n) is 10.5. The molecule has 0 bridgehead atoms. The lowest BCUT2D eigenvalue weighted by Gasteiger charge is -2.55. The number of ether oxygens (including phenoxy) is 1. The average Bonchev–Trinajstić information content (AvgIpc) is 2.25. The average molecular weight is 299 g/mol. The molecule has 1 aromatic rings. The Balaban J connectivity index is 2.29. The number of aliphatic hydroxyl groups is 1. The van der Waals surface area contributed by atoms with Gasteiger partial charge in [0, 0.05) is 29.8 Å². The van der Waals surface area contributed by atoms with E-state index in [2.05, 4.69) is 54.0 Å². The van der Waals surface area contributed by atoms with Gasteiger partial charge in [0.15, 0.2) is 5.79 Å². The van der Waals surface area contributed by atoms with Crippen molar-refractivity contribution in [3.05, 3.63) is 34.3 Å². The highest BCUT2D eigenvalue weighted by Crippen LogP contribution is 2.55. The molecule has 0 atom stereocenters. The van der Waals surface area contributed by atoms with Crippen molar-refractivity contribution in [2.45, 2.75) is 37.9 Å². The van der Waals surface area contributed by atoms with E-state index in [1.165, 1.54) is 5.56 Å². The van der Waals surface area contributed by atoms with Crippen molar-refractivity contribution in [3.63, 3.8) is 0 Å². The van der Waals surface area contributed by atoms with E-state index in [-0.39, 0.29) is 5.41 Å². The summed E-state index contributed by atoms with van der Waals surface area (Å²) in [6, 6.07) is 8.39. The second-order valence-electron chi connectivity index (χ2n) is 5.32. The smallest absolute Gasteiger partial charge is 0.166 e. The van der Waals surface area contributed by atoms with Crippen LogP contribution in [-0.4, -0.2) is 18.0 Å². The summed E-state index contributed by atoms with van der Waals surface area (Å²) in [5.74, 6) is -0.448. The SMILES string of the molecule is COC1(O)CC(c2ccc(Br)cc2)(C(C)C)C1. The standard InChI is InChI=1S/C14H19BrO2/c1-10(2)13(8-14(16,9-13)17-3)11-4-6-12(15)7-5-11/h4-7,10,16H,8-9H2,1-3H3. The van der Waals surface area contributed by atoms with Crippen molar-refractivity contribution in [1.82, 2.24) is 0 Å². The van der Waals surface area contributed by atoms with E-state index in [1.54, 1.807) is 7.11 Å². The summed E-state index contributed by atoms with van der Waals surface area (Å²) in [5, 5.41) is 10.1. The molecule has 3 heteroatoms. The molecule has 1 saturated carbocycles. The zero-order valence-corrected chi connectivity index (χ0v) is 12.1. The molecule has 94 valence electrons. The van der Waals surface area contributed by atoms with Crippen molar-refractivity contribution in [2.75, 3.05) is 7.11 Å². The number of benzene rings is 1. The molecule has 0 amide bonds. The minimum absolute atomic E-state index is 0.0471. The van der Waals surface area contributed by atoms with Crippen LogP contribution in [0.4, 0.5) is 0 Å². The van der Waals surface area contributed by atoms with Crippen molar-refractivity contribution >= 4 is 15.9 Å². The summed E-state index contributed by atoms with van der Waals surface area (Å²) < 4.78 is 6.26. The van der Waals surface area contributed by atoms with E-state index in [0.29, 0.717) is 18.8 Å². The Bertz CT molecular complexity index is 391. The van der Waals surface area contributed by atoms with Crippen LogP contribution < -0.4 is 0 Å². The molecule has 0 saturated heterocycles. The van der Waals surface area contributed by atoms with Crippen LogP contribution in [0.1, 0.15) is 32.3 Å². The molecule has 1 fully saturated rings. The van der Waals surface area contributed by atoms with Gasteiger partial charge in [-0.2, -0.15) is 0 Å². The molecule has 1 aliphatic carbocycles. The number of hydrogen-bond acceptors (Lipinski definition) is 2. The third kappa shape index (κ3) is 2.16. The Morgan fingerprint density at radius 2 is 1.76 bits per heavy atom. The molecule has 1 aromatic carbocycles. The van der Waals surface area contributed by atoms with Gasteiger partial charge in [-0.3, -0.25) is 0 Å². The molecule has 2 rings (SSSR count). The molecule has 0 unspecified atom stereocenters. The number of rotatable bonds is 3. The van der Waals surface area contributed by atoms with Crippen molar-refractivity contribution < 1.29 is 9.84 Å². The summed E-state index contributed by atoms with van der Waals surface area (Å²) in [7, 11) is 1.58. The summed E-state index contributed by atoms with van der Waals surface area (Å²) in [6.45, 7) is 4.41. The van der Waals surface area contributed by atoms with Crippen molar-refractivity contribution in [3.8, 4) is 0 Å².